The lowest BCUT2D eigenvalue weighted by Gasteiger charge is -2.16. The van der Waals surface area contributed by atoms with Gasteiger partial charge in [-0.1, -0.05) is 18.2 Å². The van der Waals surface area contributed by atoms with E-state index in [0.717, 1.165) is 16.5 Å². The van der Waals surface area contributed by atoms with Crippen molar-refractivity contribution in [3.8, 4) is 17.2 Å². The van der Waals surface area contributed by atoms with Gasteiger partial charge in [0, 0.05) is 28.7 Å². The van der Waals surface area contributed by atoms with Crippen LogP contribution in [0.1, 0.15) is 5.56 Å². The van der Waals surface area contributed by atoms with Gasteiger partial charge in [-0.05, 0) is 36.5 Å². The van der Waals surface area contributed by atoms with E-state index in [-0.39, 0.29) is 17.5 Å². The first-order valence-electron chi connectivity index (χ1n) is 9.57. The van der Waals surface area contributed by atoms with Gasteiger partial charge < -0.3 is 18.8 Å². The second-order valence-corrected chi connectivity index (χ2v) is 7.36. The van der Waals surface area contributed by atoms with Crippen molar-refractivity contribution in [2.45, 2.75) is 6.54 Å². The summed E-state index contributed by atoms with van der Waals surface area (Å²) in [6, 6.07) is 13.2. The summed E-state index contributed by atoms with van der Waals surface area (Å²) in [5.74, 6) is 1.03. The minimum Gasteiger partial charge on any atom is -0.492 e. The highest BCUT2D eigenvalue weighted by molar-refractivity contribution is 7.80. The maximum absolute atomic E-state index is 12.2. The maximum Gasteiger partial charge on any atom is 0.263 e. The standard InChI is InChI=1S/C22H17N3O5S/c26-20-16(21(27)24-22(31)23-20)9-13-11-25(17-4-2-1-3-15(13)17)7-8-28-14-5-6-18-19(10-14)30-12-29-18/h1-6,9-11H,7-8,12H2,(H2,23,24,26,27,31). The topological polar surface area (TPSA) is 90.8 Å². The molecular weight excluding hydrogens is 418 g/mol. The molecule has 3 aromatic rings. The Hall–Kier alpha value is -3.85. The number of ether oxygens (including phenoxy) is 3. The fraction of sp³-hybridized carbons (Fsp3) is 0.136. The van der Waals surface area contributed by atoms with Gasteiger partial charge in [-0.3, -0.25) is 20.2 Å². The molecule has 2 amide bonds. The van der Waals surface area contributed by atoms with E-state index < -0.39 is 11.8 Å². The van der Waals surface area contributed by atoms with Crippen LogP contribution in [-0.2, 0) is 16.1 Å². The highest BCUT2D eigenvalue weighted by atomic mass is 32.1. The van der Waals surface area contributed by atoms with Crippen LogP contribution in [0.5, 0.6) is 17.2 Å². The van der Waals surface area contributed by atoms with Crippen LogP contribution >= 0.6 is 12.2 Å². The third-order valence-corrected chi connectivity index (χ3v) is 5.21. The Labute approximate surface area is 182 Å². The van der Waals surface area contributed by atoms with Crippen LogP contribution < -0.4 is 24.8 Å². The number of benzene rings is 2. The third kappa shape index (κ3) is 3.71. The number of carbonyl (C=O) groups is 2. The molecule has 0 spiro atoms. The summed E-state index contributed by atoms with van der Waals surface area (Å²) >= 11 is 4.85. The maximum atomic E-state index is 12.2. The molecule has 2 aliphatic heterocycles. The van der Waals surface area contributed by atoms with E-state index in [1.807, 2.05) is 47.2 Å². The van der Waals surface area contributed by atoms with Crippen molar-refractivity contribution in [1.29, 1.82) is 0 Å². The molecule has 31 heavy (non-hydrogen) atoms. The van der Waals surface area contributed by atoms with Gasteiger partial charge in [-0.15, -0.1) is 0 Å². The lowest BCUT2D eigenvalue weighted by Crippen LogP contribution is -2.51. The monoisotopic (exact) mass is 435 g/mol. The molecule has 2 N–H and O–H groups in total. The molecule has 3 heterocycles. The van der Waals surface area contributed by atoms with Crippen molar-refractivity contribution in [1.82, 2.24) is 15.2 Å². The number of para-hydroxylation sites is 1. The van der Waals surface area contributed by atoms with Crippen LogP contribution in [0.3, 0.4) is 0 Å². The number of carbonyl (C=O) groups excluding carboxylic acids is 2. The number of nitrogens with zero attached hydrogens (tertiary/aromatic N) is 1. The van der Waals surface area contributed by atoms with Crippen LogP contribution in [0, 0.1) is 0 Å². The fourth-order valence-corrected chi connectivity index (χ4v) is 3.75. The fourth-order valence-electron chi connectivity index (χ4n) is 3.57. The number of hydrogen-bond donors (Lipinski definition) is 2. The van der Waals surface area contributed by atoms with Gasteiger partial charge in [0.1, 0.15) is 17.9 Å². The molecule has 0 saturated carbocycles. The first kappa shape index (κ1) is 19.1. The molecule has 0 bridgehead atoms. The summed E-state index contributed by atoms with van der Waals surface area (Å²) in [6.45, 7) is 1.21. The summed E-state index contributed by atoms with van der Waals surface area (Å²) in [7, 11) is 0. The van der Waals surface area contributed by atoms with Crippen LogP contribution in [0.25, 0.3) is 17.0 Å². The van der Waals surface area contributed by atoms with Crippen LogP contribution in [0.2, 0.25) is 0 Å². The quantitative estimate of drug-likeness (QED) is 0.363. The summed E-state index contributed by atoms with van der Waals surface area (Å²) in [5.41, 5.74) is 1.73. The predicted octanol–water partition coefficient (Wildman–Crippen LogP) is 2.36. The second kappa shape index (κ2) is 7.77. The van der Waals surface area contributed by atoms with Gasteiger partial charge in [0.25, 0.3) is 11.8 Å². The Morgan fingerprint density at radius 3 is 2.68 bits per heavy atom. The summed E-state index contributed by atoms with van der Waals surface area (Å²) < 4.78 is 18.6. The lowest BCUT2D eigenvalue weighted by molar-refractivity contribution is -0.123. The lowest BCUT2D eigenvalue weighted by atomic mass is 10.1. The van der Waals surface area contributed by atoms with E-state index >= 15 is 0 Å². The SMILES string of the molecule is O=C1NC(=S)NC(=O)C1=Cc1cn(CCOc2ccc3c(c2)OCO3)c2ccccc12. The van der Waals surface area contributed by atoms with Crippen molar-refractivity contribution in [3.63, 3.8) is 0 Å². The van der Waals surface area contributed by atoms with E-state index in [9.17, 15) is 9.59 Å². The molecule has 2 aliphatic rings. The van der Waals surface area contributed by atoms with E-state index in [0.29, 0.717) is 30.4 Å². The minimum absolute atomic E-state index is 0.00751. The average molecular weight is 435 g/mol. The molecule has 0 atom stereocenters. The van der Waals surface area contributed by atoms with Gasteiger partial charge in [0.15, 0.2) is 16.6 Å². The Morgan fingerprint density at radius 2 is 1.84 bits per heavy atom. The van der Waals surface area contributed by atoms with Crippen molar-refractivity contribution < 1.29 is 23.8 Å². The van der Waals surface area contributed by atoms with Gasteiger partial charge in [-0.2, -0.15) is 0 Å². The number of nitrogens with one attached hydrogen (secondary N) is 2. The number of amides is 2. The smallest absolute Gasteiger partial charge is 0.263 e. The molecular formula is C22H17N3O5S. The number of fused-ring (bicyclic) bond motifs is 2. The number of thiocarbonyl (C=S) groups is 1. The Morgan fingerprint density at radius 1 is 1.06 bits per heavy atom. The molecule has 2 aromatic carbocycles. The number of rotatable bonds is 5. The van der Waals surface area contributed by atoms with Gasteiger partial charge in [-0.25, -0.2) is 0 Å². The first-order chi connectivity index (χ1) is 15.1. The Bertz CT molecular complexity index is 1240. The van der Waals surface area contributed by atoms with Crippen LogP contribution in [0.4, 0.5) is 0 Å². The van der Waals surface area contributed by atoms with E-state index in [2.05, 4.69) is 10.6 Å². The summed E-state index contributed by atoms with van der Waals surface area (Å²) in [6.07, 6.45) is 3.47. The molecule has 8 nitrogen and oxygen atoms in total. The van der Waals surface area contributed by atoms with Crippen molar-refractivity contribution in [2.24, 2.45) is 0 Å². The largest absolute Gasteiger partial charge is 0.492 e. The predicted molar refractivity (Wildman–Crippen MR) is 117 cm³/mol. The van der Waals surface area contributed by atoms with Gasteiger partial charge in [0.2, 0.25) is 6.79 Å². The molecule has 1 aromatic heterocycles. The third-order valence-electron chi connectivity index (χ3n) is 5.01. The van der Waals surface area contributed by atoms with Crippen LogP contribution in [-0.4, -0.2) is 34.9 Å². The number of hydrogen-bond acceptors (Lipinski definition) is 6. The molecule has 0 radical (unpaired) electrons. The van der Waals surface area contributed by atoms with E-state index in [4.69, 9.17) is 26.4 Å². The molecule has 5 rings (SSSR count). The number of aromatic nitrogens is 1. The Kier molecular flexibility index (Phi) is 4.79. The minimum atomic E-state index is -0.517. The van der Waals surface area contributed by atoms with Crippen molar-refractivity contribution in [3.05, 3.63) is 59.8 Å². The molecule has 1 saturated heterocycles. The average Bonchev–Trinajstić information content (AvgIpc) is 3.35. The molecule has 1 fully saturated rings. The molecule has 156 valence electrons. The molecule has 0 aliphatic carbocycles. The highest BCUT2D eigenvalue weighted by Gasteiger charge is 2.26. The summed E-state index contributed by atoms with van der Waals surface area (Å²) in [5, 5.41) is 5.84. The molecule has 9 heteroatoms. The highest BCUT2D eigenvalue weighted by Crippen LogP contribution is 2.35. The van der Waals surface area contributed by atoms with Gasteiger partial charge in [0.05, 0.1) is 6.54 Å². The zero-order valence-corrected chi connectivity index (χ0v) is 17.0. The normalized spacial score (nSPS) is 15.1. The second-order valence-electron chi connectivity index (χ2n) is 6.95. The Balaban J connectivity index is 1.37. The first-order valence-corrected chi connectivity index (χ1v) is 9.98. The van der Waals surface area contributed by atoms with Gasteiger partial charge >= 0.3 is 0 Å². The van der Waals surface area contributed by atoms with Crippen molar-refractivity contribution in [2.75, 3.05) is 13.4 Å². The van der Waals surface area contributed by atoms with E-state index in [1.165, 1.54) is 0 Å². The van der Waals surface area contributed by atoms with Crippen LogP contribution in [0.15, 0.2) is 54.2 Å². The molecule has 0 unspecified atom stereocenters. The van der Waals surface area contributed by atoms with Crippen molar-refractivity contribution >= 4 is 46.1 Å². The summed E-state index contributed by atoms with van der Waals surface area (Å²) in [4.78, 5) is 24.4. The van der Waals surface area contributed by atoms with E-state index in [1.54, 1.807) is 12.1 Å². The zero-order chi connectivity index (χ0) is 21.4. The zero-order valence-electron chi connectivity index (χ0n) is 16.2.